The van der Waals surface area contributed by atoms with E-state index >= 15 is 0 Å². The molecule has 4 N–H and O–H groups in total. The van der Waals surface area contributed by atoms with E-state index in [0.717, 1.165) is 46.8 Å². The number of nitrogens with two attached hydrogens (primary N) is 2. The monoisotopic (exact) mass is 294 g/mol. The number of rotatable bonds is 5. The van der Waals surface area contributed by atoms with Gasteiger partial charge in [-0.3, -0.25) is 0 Å². The van der Waals surface area contributed by atoms with Crippen LogP contribution in [0.25, 0.3) is 0 Å². The van der Waals surface area contributed by atoms with Gasteiger partial charge in [0, 0.05) is 22.5 Å². The van der Waals surface area contributed by atoms with Crippen molar-refractivity contribution in [3.63, 3.8) is 0 Å². The summed E-state index contributed by atoms with van der Waals surface area (Å²) >= 11 is 0. The highest BCUT2D eigenvalue weighted by Crippen LogP contribution is 2.16. The smallest absolute Gasteiger partial charge is 0.0720 e. The van der Waals surface area contributed by atoms with Crippen LogP contribution in [0.15, 0.2) is 58.7 Å². The Morgan fingerprint density at radius 1 is 0.727 bits per heavy atom. The van der Waals surface area contributed by atoms with Gasteiger partial charge in [0.05, 0.1) is 11.4 Å². The molecule has 0 saturated heterocycles. The molecule has 4 heteroatoms. The standard InChI is InChI=1S/C18H22N4/c1-3-17(13-9-5-7-11-15(13)19)21-22-18(4-2)14-10-6-8-12-16(14)20/h5-12H,3-4,19-20H2,1-2H3/b21-17+,22-18+. The van der Waals surface area contributed by atoms with Gasteiger partial charge in [0.1, 0.15) is 0 Å². The quantitative estimate of drug-likeness (QED) is 0.499. The molecule has 114 valence electrons. The first-order valence-corrected chi connectivity index (χ1v) is 7.50. The predicted octanol–water partition coefficient (Wildman–Crippen LogP) is 3.86. The van der Waals surface area contributed by atoms with Crippen molar-refractivity contribution in [2.24, 2.45) is 10.2 Å². The summed E-state index contributed by atoms with van der Waals surface area (Å²) < 4.78 is 0. The number of nitrogens with zero attached hydrogens (tertiary/aromatic N) is 2. The number of hydrogen-bond acceptors (Lipinski definition) is 4. The number of benzene rings is 2. The van der Waals surface area contributed by atoms with Crippen molar-refractivity contribution in [1.82, 2.24) is 0 Å². The SMILES string of the molecule is CC/C(=N\N=C(/CC)c1ccccc1N)c1ccccc1N. The Kier molecular flexibility index (Phi) is 5.31. The molecule has 0 fully saturated rings. The van der Waals surface area contributed by atoms with Gasteiger partial charge in [-0.25, -0.2) is 0 Å². The van der Waals surface area contributed by atoms with Gasteiger partial charge < -0.3 is 11.5 Å². The van der Waals surface area contributed by atoms with Crippen LogP contribution in [0.3, 0.4) is 0 Å². The fourth-order valence-electron chi connectivity index (χ4n) is 2.27. The van der Waals surface area contributed by atoms with Crippen molar-refractivity contribution < 1.29 is 0 Å². The van der Waals surface area contributed by atoms with Gasteiger partial charge in [0.15, 0.2) is 0 Å². The van der Waals surface area contributed by atoms with Gasteiger partial charge in [-0.1, -0.05) is 50.2 Å². The van der Waals surface area contributed by atoms with E-state index in [1.807, 2.05) is 62.4 Å². The fourth-order valence-corrected chi connectivity index (χ4v) is 2.27. The fraction of sp³-hybridized carbons (Fsp3) is 0.222. The zero-order valence-corrected chi connectivity index (χ0v) is 13.1. The van der Waals surface area contributed by atoms with Crippen LogP contribution in [-0.4, -0.2) is 11.4 Å². The molecule has 0 spiro atoms. The minimum atomic E-state index is 0.718. The molecule has 0 unspecified atom stereocenters. The number of para-hydroxylation sites is 2. The molecule has 0 atom stereocenters. The lowest BCUT2D eigenvalue weighted by molar-refractivity contribution is 1.14. The zero-order valence-electron chi connectivity index (χ0n) is 13.1. The van der Waals surface area contributed by atoms with Gasteiger partial charge >= 0.3 is 0 Å². The molecule has 0 amide bonds. The summed E-state index contributed by atoms with van der Waals surface area (Å²) in [4.78, 5) is 0. The van der Waals surface area contributed by atoms with Crippen molar-refractivity contribution in [2.45, 2.75) is 26.7 Å². The molecule has 0 radical (unpaired) electrons. The second-order valence-corrected chi connectivity index (χ2v) is 4.97. The second-order valence-electron chi connectivity index (χ2n) is 4.97. The van der Waals surface area contributed by atoms with Crippen LogP contribution in [0.4, 0.5) is 11.4 Å². The van der Waals surface area contributed by atoms with E-state index < -0.39 is 0 Å². The van der Waals surface area contributed by atoms with Crippen molar-refractivity contribution >= 4 is 22.8 Å². The molecule has 2 aromatic rings. The summed E-state index contributed by atoms with van der Waals surface area (Å²) in [6.07, 6.45) is 1.53. The van der Waals surface area contributed by atoms with Crippen molar-refractivity contribution in [3.05, 3.63) is 59.7 Å². The van der Waals surface area contributed by atoms with E-state index in [0.29, 0.717) is 0 Å². The lowest BCUT2D eigenvalue weighted by atomic mass is 10.1. The highest BCUT2D eigenvalue weighted by atomic mass is 15.2. The molecule has 0 heterocycles. The van der Waals surface area contributed by atoms with Gasteiger partial charge in [-0.2, -0.15) is 10.2 Å². The highest BCUT2D eigenvalue weighted by Gasteiger charge is 2.07. The van der Waals surface area contributed by atoms with Crippen molar-refractivity contribution in [1.29, 1.82) is 0 Å². The Labute approximate surface area is 131 Å². The first-order chi connectivity index (χ1) is 10.7. The van der Waals surface area contributed by atoms with Gasteiger partial charge in [-0.15, -0.1) is 0 Å². The maximum absolute atomic E-state index is 6.02. The molecule has 0 aliphatic rings. The first-order valence-electron chi connectivity index (χ1n) is 7.50. The Bertz CT molecular complexity index is 640. The summed E-state index contributed by atoms with van der Waals surface area (Å²) in [6, 6.07) is 15.4. The van der Waals surface area contributed by atoms with Crippen LogP contribution in [0.2, 0.25) is 0 Å². The third kappa shape index (κ3) is 3.52. The maximum Gasteiger partial charge on any atom is 0.0720 e. The van der Waals surface area contributed by atoms with Crippen LogP contribution in [0.1, 0.15) is 37.8 Å². The van der Waals surface area contributed by atoms with E-state index in [4.69, 9.17) is 11.5 Å². The zero-order chi connectivity index (χ0) is 15.9. The lowest BCUT2D eigenvalue weighted by Crippen LogP contribution is -2.06. The molecule has 0 aromatic heterocycles. The summed E-state index contributed by atoms with van der Waals surface area (Å²) in [7, 11) is 0. The first kappa shape index (κ1) is 15.8. The minimum absolute atomic E-state index is 0.718. The average Bonchev–Trinajstić information content (AvgIpc) is 2.54. The van der Waals surface area contributed by atoms with E-state index in [-0.39, 0.29) is 0 Å². The molecule has 0 saturated carbocycles. The van der Waals surface area contributed by atoms with Crippen LogP contribution in [-0.2, 0) is 0 Å². The Hall–Kier alpha value is -2.62. The van der Waals surface area contributed by atoms with E-state index in [1.54, 1.807) is 0 Å². The van der Waals surface area contributed by atoms with Crippen molar-refractivity contribution in [3.8, 4) is 0 Å². The largest absolute Gasteiger partial charge is 0.398 e. The normalized spacial score (nSPS) is 12.5. The lowest BCUT2D eigenvalue weighted by Gasteiger charge is -2.08. The summed E-state index contributed by atoms with van der Waals surface area (Å²) in [5.74, 6) is 0. The molecule has 0 bridgehead atoms. The molecular weight excluding hydrogens is 272 g/mol. The third-order valence-electron chi connectivity index (χ3n) is 3.50. The van der Waals surface area contributed by atoms with Gasteiger partial charge in [0.2, 0.25) is 0 Å². The molecule has 2 aromatic carbocycles. The predicted molar refractivity (Wildman–Crippen MR) is 95.4 cm³/mol. The van der Waals surface area contributed by atoms with Crippen LogP contribution in [0.5, 0.6) is 0 Å². The number of anilines is 2. The van der Waals surface area contributed by atoms with E-state index in [9.17, 15) is 0 Å². The summed E-state index contributed by atoms with van der Waals surface area (Å²) in [6.45, 7) is 4.09. The van der Waals surface area contributed by atoms with Crippen LogP contribution < -0.4 is 11.5 Å². The maximum atomic E-state index is 6.02. The highest BCUT2D eigenvalue weighted by molar-refractivity contribution is 6.07. The molecule has 22 heavy (non-hydrogen) atoms. The number of nitrogen functional groups attached to an aromatic ring is 2. The van der Waals surface area contributed by atoms with Gasteiger partial charge in [0.25, 0.3) is 0 Å². The Morgan fingerprint density at radius 3 is 1.41 bits per heavy atom. The van der Waals surface area contributed by atoms with Crippen molar-refractivity contribution in [2.75, 3.05) is 11.5 Å². The second kappa shape index (κ2) is 7.41. The van der Waals surface area contributed by atoms with Crippen LogP contribution in [0, 0.1) is 0 Å². The Balaban J connectivity index is 2.41. The Morgan fingerprint density at radius 2 is 1.09 bits per heavy atom. The average molecular weight is 294 g/mol. The van der Waals surface area contributed by atoms with E-state index in [1.165, 1.54) is 0 Å². The topological polar surface area (TPSA) is 76.8 Å². The molecule has 0 aliphatic heterocycles. The van der Waals surface area contributed by atoms with Crippen LogP contribution >= 0.6 is 0 Å². The molecular formula is C18H22N4. The molecule has 4 nitrogen and oxygen atoms in total. The number of hydrogen-bond donors (Lipinski definition) is 2. The van der Waals surface area contributed by atoms with E-state index in [2.05, 4.69) is 10.2 Å². The summed E-state index contributed by atoms with van der Waals surface area (Å²) in [5.41, 5.74) is 17.1. The third-order valence-corrected chi connectivity index (χ3v) is 3.50. The molecule has 0 aliphatic carbocycles. The molecule has 2 rings (SSSR count). The summed E-state index contributed by atoms with van der Waals surface area (Å²) in [5, 5.41) is 8.86. The minimum Gasteiger partial charge on any atom is -0.398 e. The van der Waals surface area contributed by atoms with Gasteiger partial charge in [-0.05, 0) is 25.0 Å².